The molecule has 7 nitrogen and oxygen atoms in total. The molecule has 0 saturated carbocycles. The summed E-state index contributed by atoms with van der Waals surface area (Å²) in [5.74, 6) is -2.72. The number of ketones is 1. The van der Waals surface area contributed by atoms with E-state index >= 15 is 0 Å². The van der Waals surface area contributed by atoms with Crippen molar-refractivity contribution in [1.82, 2.24) is 0 Å². The van der Waals surface area contributed by atoms with Crippen molar-refractivity contribution in [3.05, 3.63) is 70.8 Å². The molecule has 4 rings (SSSR count). The van der Waals surface area contributed by atoms with Crippen molar-refractivity contribution in [3.8, 4) is 0 Å². The lowest BCUT2D eigenvalue weighted by atomic mass is 9.98. The first kappa shape index (κ1) is 22.7. The highest BCUT2D eigenvalue weighted by molar-refractivity contribution is 5.96. The first-order valence-electron chi connectivity index (χ1n) is 10.2. The summed E-state index contributed by atoms with van der Waals surface area (Å²) in [5.41, 5.74) is -1.78. The van der Waals surface area contributed by atoms with Crippen LogP contribution in [-0.4, -0.2) is 24.5 Å². The minimum Gasteiger partial charge on any atom is -0.462 e. The maximum Gasteiger partial charge on any atom is 0.442 e. The Hall–Kier alpha value is -3.50. The van der Waals surface area contributed by atoms with Gasteiger partial charge in [0.1, 0.15) is 0 Å². The summed E-state index contributed by atoms with van der Waals surface area (Å²) in [6.07, 6.45) is -2.69. The van der Waals surface area contributed by atoms with Gasteiger partial charge in [0.05, 0.1) is 12.2 Å². The molecule has 0 N–H and O–H groups in total. The van der Waals surface area contributed by atoms with Crippen LogP contribution in [0.25, 0.3) is 0 Å². The molecule has 0 fully saturated rings. The van der Waals surface area contributed by atoms with Crippen LogP contribution in [0.3, 0.4) is 0 Å². The van der Waals surface area contributed by atoms with E-state index in [9.17, 15) is 27.2 Å². The van der Waals surface area contributed by atoms with Crippen LogP contribution in [0.15, 0.2) is 69.0 Å². The first-order chi connectivity index (χ1) is 15.6. The molecule has 2 aromatic carbocycles. The number of carbonyl (C=O) groups is 2. The van der Waals surface area contributed by atoms with Crippen LogP contribution >= 0.6 is 0 Å². The molecule has 0 aliphatic carbocycles. The molecule has 0 atom stereocenters. The Balaban J connectivity index is 1.15. The molecule has 0 spiro atoms. The summed E-state index contributed by atoms with van der Waals surface area (Å²) in [6, 6.07) is 10.8. The molecule has 0 aromatic heterocycles. The van der Waals surface area contributed by atoms with Crippen molar-refractivity contribution >= 4 is 11.8 Å². The van der Waals surface area contributed by atoms with Gasteiger partial charge in [-0.2, -0.15) is 17.6 Å². The van der Waals surface area contributed by atoms with Gasteiger partial charge in [0.25, 0.3) is 0 Å². The number of alkyl halides is 4. The van der Waals surface area contributed by atoms with Crippen molar-refractivity contribution in [2.24, 2.45) is 20.5 Å². The lowest BCUT2D eigenvalue weighted by Crippen LogP contribution is -2.30. The molecule has 0 radical (unpaired) electrons. The van der Waals surface area contributed by atoms with Gasteiger partial charge < -0.3 is 4.74 Å². The minimum absolute atomic E-state index is 0.121. The Morgan fingerprint density at radius 1 is 0.788 bits per heavy atom. The Kier molecular flexibility index (Phi) is 5.81. The predicted molar refractivity (Wildman–Crippen MR) is 106 cm³/mol. The SMILES string of the molecule is O=C(CCCCCOC(=O)c1ccc(C2(F)N=N2)cc1)c1ccc(C2(C(F)(F)F)N=N2)cc1. The standard InChI is InChI=1S/C22H18F4N4O3/c23-21(29-30-21)17-11-7-15(8-12-17)19(32)33-13-3-1-2-4-18(31)14-5-9-16(10-6-14)20(27-28-20)22(24,25)26/h5-12H,1-4,13H2. The van der Waals surface area contributed by atoms with Crippen LogP contribution in [0.5, 0.6) is 0 Å². The van der Waals surface area contributed by atoms with Crippen molar-refractivity contribution in [3.63, 3.8) is 0 Å². The van der Waals surface area contributed by atoms with E-state index in [1.807, 2.05) is 0 Å². The fraction of sp³-hybridized carbons (Fsp3) is 0.364. The summed E-state index contributed by atoms with van der Waals surface area (Å²) in [7, 11) is 0. The Morgan fingerprint density at radius 2 is 1.36 bits per heavy atom. The molecule has 33 heavy (non-hydrogen) atoms. The molecule has 172 valence electrons. The second kappa shape index (κ2) is 8.45. The first-order valence-corrected chi connectivity index (χ1v) is 10.2. The zero-order valence-corrected chi connectivity index (χ0v) is 17.2. The quantitative estimate of drug-likeness (QED) is 0.142. The normalized spacial score (nSPS) is 17.0. The smallest absolute Gasteiger partial charge is 0.442 e. The van der Waals surface area contributed by atoms with Gasteiger partial charge >= 0.3 is 23.7 Å². The van der Waals surface area contributed by atoms with Crippen molar-refractivity contribution in [1.29, 1.82) is 0 Å². The van der Waals surface area contributed by atoms with Gasteiger partial charge in [-0.1, -0.05) is 36.4 Å². The molecule has 0 saturated heterocycles. The van der Waals surface area contributed by atoms with Crippen LogP contribution in [0.2, 0.25) is 0 Å². The highest BCUT2D eigenvalue weighted by atomic mass is 19.4. The minimum atomic E-state index is -4.61. The summed E-state index contributed by atoms with van der Waals surface area (Å²) < 4.78 is 57.8. The molecule has 0 amide bonds. The van der Waals surface area contributed by atoms with Crippen LogP contribution in [-0.2, 0) is 16.3 Å². The van der Waals surface area contributed by atoms with Crippen LogP contribution < -0.4 is 0 Å². The lowest BCUT2D eigenvalue weighted by Gasteiger charge is -2.14. The number of benzene rings is 2. The van der Waals surface area contributed by atoms with E-state index in [-0.39, 0.29) is 35.5 Å². The van der Waals surface area contributed by atoms with E-state index in [1.54, 1.807) is 0 Å². The zero-order valence-electron chi connectivity index (χ0n) is 17.2. The number of halogens is 4. The van der Waals surface area contributed by atoms with E-state index in [2.05, 4.69) is 20.5 Å². The third-order valence-electron chi connectivity index (χ3n) is 5.35. The second-order valence-corrected chi connectivity index (χ2v) is 7.68. The van der Waals surface area contributed by atoms with Gasteiger partial charge in [-0.05, 0) is 31.4 Å². The molecule has 11 heteroatoms. The summed E-state index contributed by atoms with van der Waals surface area (Å²) >= 11 is 0. The molecule has 0 unspecified atom stereocenters. The fourth-order valence-electron chi connectivity index (χ4n) is 3.27. The lowest BCUT2D eigenvalue weighted by molar-refractivity contribution is -0.166. The van der Waals surface area contributed by atoms with Crippen LogP contribution in [0.1, 0.15) is 57.5 Å². The monoisotopic (exact) mass is 462 g/mol. The average Bonchev–Trinajstić information content (AvgIpc) is 3.72. The number of ether oxygens (including phenoxy) is 1. The topological polar surface area (TPSA) is 92.8 Å². The van der Waals surface area contributed by atoms with E-state index in [4.69, 9.17) is 4.74 Å². The number of esters is 1. The highest BCUT2D eigenvalue weighted by Crippen LogP contribution is 2.52. The number of carbonyl (C=O) groups excluding carboxylic acids is 2. The van der Waals surface area contributed by atoms with Gasteiger partial charge in [0, 0.05) is 23.1 Å². The Bertz CT molecular complexity index is 1100. The molecular formula is C22H18F4N4O3. The summed E-state index contributed by atoms with van der Waals surface area (Å²) in [6.45, 7) is 0.160. The van der Waals surface area contributed by atoms with E-state index < -0.39 is 23.7 Å². The maximum atomic E-state index is 13.6. The Morgan fingerprint density at radius 3 is 1.91 bits per heavy atom. The Labute approximate surface area is 185 Å². The van der Waals surface area contributed by atoms with Crippen molar-refractivity contribution in [2.45, 2.75) is 43.4 Å². The predicted octanol–water partition coefficient (Wildman–Crippen LogP) is 6.01. The van der Waals surface area contributed by atoms with Crippen molar-refractivity contribution in [2.75, 3.05) is 6.61 Å². The molecule has 0 bridgehead atoms. The number of hydrogen-bond acceptors (Lipinski definition) is 7. The molecule has 2 aliphatic heterocycles. The van der Waals surface area contributed by atoms with Gasteiger partial charge in [-0.25, -0.2) is 4.79 Å². The molecular weight excluding hydrogens is 444 g/mol. The van der Waals surface area contributed by atoms with Crippen LogP contribution in [0.4, 0.5) is 17.6 Å². The fourth-order valence-corrected chi connectivity index (χ4v) is 3.27. The highest BCUT2D eigenvalue weighted by Gasteiger charge is 2.65. The van der Waals surface area contributed by atoms with Crippen molar-refractivity contribution < 1.29 is 31.9 Å². The van der Waals surface area contributed by atoms with Gasteiger partial charge in [0.15, 0.2) is 5.78 Å². The number of rotatable bonds is 10. The van der Waals surface area contributed by atoms with Gasteiger partial charge in [0.2, 0.25) is 0 Å². The largest absolute Gasteiger partial charge is 0.462 e. The molecule has 2 aliphatic rings. The summed E-state index contributed by atoms with van der Waals surface area (Å²) in [4.78, 5) is 24.3. The van der Waals surface area contributed by atoms with Gasteiger partial charge in [-0.3, -0.25) is 4.79 Å². The van der Waals surface area contributed by atoms with E-state index in [0.29, 0.717) is 24.8 Å². The number of hydrogen-bond donors (Lipinski definition) is 0. The zero-order chi connectivity index (χ0) is 23.7. The van der Waals surface area contributed by atoms with E-state index in [1.165, 1.54) is 48.5 Å². The van der Waals surface area contributed by atoms with E-state index in [0.717, 1.165) is 0 Å². The number of nitrogens with zero attached hydrogens (tertiary/aromatic N) is 4. The van der Waals surface area contributed by atoms with Gasteiger partial charge in [-0.15, -0.1) is 20.5 Å². The average molecular weight is 462 g/mol. The second-order valence-electron chi connectivity index (χ2n) is 7.68. The maximum absolute atomic E-state index is 13.6. The molecule has 2 aromatic rings. The molecule has 2 heterocycles. The third kappa shape index (κ3) is 4.81. The third-order valence-corrected chi connectivity index (χ3v) is 5.35. The number of unbranched alkanes of at least 4 members (excludes halogenated alkanes) is 2. The summed E-state index contributed by atoms with van der Waals surface area (Å²) in [5, 5.41) is 12.8. The van der Waals surface area contributed by atoms with Crippen LogP contribution in [0, 0.1) is 0 Å². The number of Topliss-reactive ketones (excluding diaryl/α,β-unsaturated/α-hetero) is 1.